The molecule has 0 spiro atoms. The van der Waals surface area contributed by atoms with Crippen LogP contribution in [0.5, 0.6) is 11.5 Å². The molecule has 0 aromatic heterocycles. The zero-order valence-corrected chi connectivity index (χ0v) is 20.2. The van der Waals surface area contributed by atoms with Crippen LogP contribution in [-0.2, 0) is 17.3 Å². The van der Waals surface area contributed by atoms with E-state index in [1.54, 1.807) is 6.07 Å². The Balaban J connectivity index is 0.00000392. The van der Waals surface area contributed by atoms with E-state index in [1.165, 1.54) is 0 Å². The van der Waals surface area contributed by atoms with Gasteiger partial charge in [0, 0.05) is 34.4 Å². The molecule has 6 nitrogen and oxygen atoms in total. The largest absolute Gasteiger partial charge is 0.504 e. The second kappa shape index (κ2) is 13.2. The first-order valence-corrected chi connectivity index (χ1v) is 11.3. The number of phenolic OH excluding ortho intramolecular Hbond substituents is 1. The predicted octanol–water partition coefficient (Wildman–Crippen LogP) is 3.54. The number of phenols is 1. The third-order valence-electron chi connectivity index (χ3n) is 4.71. The average molecular weight is 523 g/mol. The van der Waals surface area contributed by atoms with Gasteiger partial charge in [0.1, 0.15) is 0 Å². The van der Waals surface area contributed by atoms with Gasteiger partial charge in [0.05, 0.1) is 13.2 Å². The molecule has 3 unspecified atom stereocenters. The lowest BCUT2D eigenvalue weighted by Crippen LogP contribution is -2.46. The number of nitrogens with one attached hydrogen (secondary N) is 2. The van der Waals surface area contributed by atoms with E-state index in [4.69, 9.17) is 4.74 Å². The van der Waals surface area contributed by atoms with Gasteiger partial charge in [-0.05, 0) is 50.8 Å². The molecule has 0 bridgehead atoms. The smallest absolute Gasteiger partial charge is 0.191 e. The summed E-state index contributed by atoms with van der Waals surface area (Å²) in [6.07, 6.45) is 4.16. The SMILES string of the molecule is CCNC(=NCc1ccc(O)c(OCC)c1)NC1CCCC(S(=O)CC)C1.I. The first-order valence-electron chi connectivity index (χ1n) is 9.94. The van der Waals surface area contributed by atoms with Gasteiger partial charge >= 0.3 is 0 Å². The molecule has 0 heterocycles. The van der Waals surface area contributed by atoms with Gasteiger partial charge < -0.3 is 20.5 Å². The number of hydrogen-bond acceptors (Lipinski definition) is 4. The Labute approximate surface area is 188 Å². The number of nitrogens with zero attached hydrogens (tertiary/aromatic N) is 1. The number of rotatable bonds is 8. The second-order valence-electron chi connectivity index (χ2n) is 6.73. The van der Waals surface area contributed by atoms with Crippen molar-refractivity contribution in [3.63, 3.8) is 0 Å². The Morgan fingerprint density at radius 2 is 2.11 bits per heavy atom. The molecule has 0 radical (unpaired) electrons. The highest BCUT2D eigenvalue weighted by Crippen LogP contribution is 2.27. The van der Waals surface area contributed by atoms with E-state index in [0.717, 1.165) is 49.5 Å². The number of ether oxygens (including phenoxy) is 1. The average Bonchev–Trinajstić information content (AvgIpc) is 2.68. The quantitative estimate of drug-likeness (QED) is 0.276. The summed E-state index contributed by atoms with van der Waals surface area (Å²) < 4.78 is 17.6. The Bertz CT molecular complexity index is 658. The maximum atomic E-state index is 12.2. The molecule has 2 rings (SSSR count). The van der Waals surface area contributed by atoms with Crippen LogP contribution in [-0.4, -0.2) is 45.5 Å². The Hall–Kier alpha value is -1.03. The van der Waals surface area contributed by atoms with Crippen LogP contribution in [0, 0.1) is 0 Å². The summed E-state index contributed by atoms with van der Waals surface area (Å²) >= 11 is 0. The summed E-state index contributed by atoms with van der Waals surface area (Å²) in [7, 11) is -0.731. The molecule has 1 aliphatic carbocycles. The first kappa shape index (κ1) is 25.0. The van der Waals surface area contributed by atoms with Crippen LogP contribution in [0.2, 0.25) is 0 Å². The second-order valence-corrected chi connectivity index (χ2v) is 8.74. The number of benzene rings is 1. The highest BCUT2D eigenvalue weighted by molar-refractivity contribution is 14.0. The van der Waals surface area contributed by atoms with Crippen molar-refractivity contribution in [2.45, 2.75) is 64.3 Å². The van der Waals surface area contributed by atoms with E-state index in [-0.39, 0.29) is 35.0 Å². The van der Waals surface area contributed by atoms with E-state index in [9.17, 15) is 9.32 Å². The molecular formula is C20H34IN3O3S. The van der Waals surface area contributed by atoms with Crippen molar-refractivity contribution in [3.05, 3.63) is 23.8 Å². The molecule has 3 atom stereocenters. The molecule has 3 N–H and O–H groups in total. The minimum atomic E-state index is -0.731. The fraction of sp³-hybridized carbons (Fsp3) is 0.650. The van der Waals surface area contributed by atoms with Gasteiger partial charge in [0.15, 0.2) is 17.5 Å². The van der Waals surface area contributed by atoms with E-state index < -0.39 is 10.8 Å². The van der Waals surface area contributed by atoms with Crippen LogP contribution < -0.4 is 15.4 Å². The van der Waals surface area contributed by atoms with Crippen molar-refractivity contribution in [3.8, 4) is 11.5 Å². The van der Waals surface area contributed by atoms with Crippen LogP contribution in [0.15, 0.2) is 23.2 Å². The zero-order valence-electron chi connectivity index (χ0n) is 17.1. The molecular weight excluding hydrogens is 489 g/mol. The lowest BCUT2D eigenvalue weighted by molar-refractivity contribution is 0.318. The molecule has 8 heteroatoms. The molecule has 0 saturated heterocycles. The monoisotopic (exact) mass is 523 g/mol. The van der Waals surface area contributed by atoms with Crippen molar-refractivity contribution < 1.29 is 14.1 Å². The topological polar surface area (TPSA) is 83.0 Å². The summed E-state index contributed by atoms with van der Waals surface area (Å²) in [6, 6.07) is 5.62. The standard InChI is InChI=1S/C20H33N3O3S.HI/c1-4-21-20(23-16-8-7-9-17(13-16)27(25)6-3)22-14-15-10-11-18(24)19(12-15)26-5-2;/h10-12,16-17,24H,4-9,13-14H2,1-3H3,(H2,21,22,23);1H. The molecule has 1 saturated carbocycles. The Morgan fingerprint density at radius 1 is 1.32 bits per heavy atom. The highest BCUT2D eigenvalue weighted by Gasteiger charge is 2.26. The summed E-state index contributed by atoms with van der Waals surface area (Å²) in [5.74, 6) is 2.14. The first-order chi connectivity index (χ1) is 13.1. The summed E-state index contributed by atoms with van der Waals surface area (Å²) in [6.45, 7) is 7.70. The fourth-order valence-corrected chi connectivity index (χ4v) is 4.71. The van der Waals surface area contributed by atoms with Crippen LogP contribution in [0.1, 0.15) is 52.0 Å². The summed E-state index contributed by atoms with van der Waals surface area (Å²) in [4.78, 5) is 4.68. The minimum absolute atomic E-state index is 0. The third-order valence-corrected chi connectivity index (χ3v) is 6.45. The van der Waals surface area contributed by atoms with Crippen molar-refractivity contribution in [2.24, 2.45) is 4.99 Å². The Morgan fingerprint density at radius 3 is 2.79 bits per heavy atom. The van der Waals surface area contributed by atoms with Crippen LogP contribution in [0.4, 0.5) is 0 Å². The molecule has 28 heavy (non-hydrogen) atoms. The van der Waals surface area contributed by atoms with E-state index >= 15 is 0 Å². The maximum absolute atomic E-state index is 12.2. The highest BCUT2D eigenvalue weighted by atomic mass is 127. The van der Waals surface area contributed by atoms with Gasteiger partial charge in [0.25, 0.3) is 0 Å². The fourth-order valence-electron chi connectivity index (χ4n) is 3.36. The van der Waals surface area contributed by atoms with E-state index in [1.807, 2.05) is 32.9 Å². The normalized spacial score (nSPS) is 20.8. The van der Waals surface area contributed by atoms with Crippen LogP contribution in [0.25, 0.3) is 0 Å². The number of aliphatic imine (C=N–C) groups is 1. The van der Waals surface area contributed by atoms with Crippen molar-refractivity contribution in [1.29, 1.82) is 0 Å². The Kier molecular flexibility index (Phi) is 11.8. The van der Waals surface area contributed by atoms with E-state index in [0.29, 0.717) is 24.9 Å². The van der Waals surface area contributed by atoms with Gasteiger partial charge in [0.2, 0.25) is 0 Å². The summed E-state index contributed by atoms with van der Waals surface area (Å²) in [5, 5.41) is 16.9. The zero-order chi connectivity index (χ0) is 19.6. The van der Waals surface area contributed by atoms with Crippen molar-refractivity contribution in [2.75, 3.05) is 18.9 Å². The lowest BCUT2D eigenvalue weighted by Gasteiger charge is -2.30. The predicted molar refractivity (Wildman–Crippen MR) is 127 cm³/mol. The van der Waals surface area contributed by atoms with Crippen molar-refractivity contribution >= 4 is 40.7 Å². The number of halogens is 1. The van der Waals surface area contributed by atoms with Crippen molar-refractivity contribution in [1.82, 2.24) is 10.6 Å². The molecule has 1 aromatic carbocycles. The molecule has 1 fully saturated rings. The van der Waals surface area contributed by atoms with Gasteiger partial charge in [-0.15, -0.1) is 24.0 Å². The number of guanidine groups is 1. The van der Waals surface area contributed by atoms with Gasteiger partial charge in [-0.1, -0.05) is 19.4 Å². The molecule has 1 aliphatic rings. The van der Waals surface area contributed by atoms with Crippen LogP contribution >= 0.6 is 24.0 Å². The molecule has 160 valence electrons. The van der Waals surface area contributed by atoms with Crippen LogP contribution in [0.3, 0.4) is 0 Å². The number of aromatic hydroxyl groups is 1. The lowest BCUT2D eigenvalue weighted by atomic mass is 9.95. The summed E-state index contributed by atoms with van der Waals surface area (Å²) in [5.41, 5.74) is 0.974. The molecule has 0 aliphatic heterocycles. The third kappa shape index (κ3) is 7.77. The van der Waals surface area contributed by atoms with Gasteiger partial charge in [-0.25, -0.2) is 4.99 Å². The van der Waals surface area contributed by atoms with Gasteiger partial charge in [-0.2, -0.15) is 0 Å². The van der Waals surface area contributed by atoms with E-state index in [2.05, 4.69) is 15.6 Å². The minimum Gasteiger partial charge on any atom is -0.504 e. The molecule has 1 aromatic rings. The van der Waals surface area contributed by atoms with Gasteiger partial charge in [-0.3, -0.25) is 4.21 Å². The number of hydrogen-bond donors (Lipinski definition) is 3. The maximum Gasteiger partial charge on any atom is 0.191 e. The molecule has 0 amide bonds.